The van der Waals surface area contributed by atoms with Gasteiger partial charge in [-0.25, -0.2) is 4.98 Å². The molecule has 0 N–H and O–H groups in total. The standard InChI is InChI=1S/C21H32N6O3/c1-15(2)12-20-23-19(24-30-20)7-10-27(17(4)28)18-6-5-9-26(13-18)21(29)14-25-11-8-22-16(25)3/h8,11,15,18H,5-7,9-10,12-14H2,1-4H3. The summed E-state index contributed by atoms with van der Waals surface area (Å²) < 4.78 is 7.14. The van der Waals surface area contributed by atoms with E-state index in [2.05, 4.69) is 29.0 Å². The molecular formula is C21H32N6O3. The van der Waals surface area contributed by atoms with Gasteiger partial charge in [0.1, 0.15) is 12.4 Å². The highest BCUT2D eigenvalue weighted by Crippen LogP contribution is 2.18. The number of aryl methyl sites for hydroxylation is 1. The summed E-state index contributed by atoms with van der Waals surface area (Å²) >= 11 is 0. The smallest absolute Gasteiger partial charge is 0.242 e. The number of carbonyl (C=O) groups excluding carboxylic acids is 2. The highest BCUT2D eigenvalue weighted by Gasteiger charge is 2.29. The zero-order valence-corrected chi connectivity index (χ0v) is 18.4. The van der Waals surface area contributed by atoms with Gasteiger partial charge in [0.15, 0.2) is 5.82 Å². The predicted molar refractivity (Wildman–Crippen MR) is 110 cm³/mol. The largest absolute Gasteiger partial charge is 0.339 e. The molecule has 2 aromatic heterocycles. The zero-order valence-electron chi connectivity index (χ0n) is 18.4. The molecule has 3 rings (SSSR count). The molecular weight excluding hydrogens is 384 g/mol. The number of piperidine rings is 1. The van der Waals surface area contributed by atoms with Crippen LogP contribution in [0.3, 0.4) is 0 Å². The molecule has 1 fully saturated rings. The molecule has 3 heterocycles. The summed E-state index contributed by atoms with van der Waals surface area (Å²) in [5.41, 5.74) is 0. The number of likely N-dealkylation sites (tertiary alicyclic amines) is 1. The van der Waals surface area contributed by atoms with E-state index < -0.39 is 0 Å². The van der Waals surface area contributed by atoms with Gasteiger partial charge in [-0.3, -0.25) is 9.59 Å². The number of carbonyl (C=O) groups is 2. The first-order valence-corrected chi connectivity index (χ1v) is 10.7. The first-order chi connectivity index (χ1) is 14.3. The lowest BCUT2D eigenvalue weighted by Crippen LogP contribution is -2.52. The Balaban J connectivity index is 1.58. The van der Waals surface area contributed by atoms with Crippen LogP contribution in [-0.2, 0) is 29.0 Å². The van der Waals surface area contributed by atoms with E-state index in [1.54, 1.807) is 13.1 Å². The SMILES string of the molecule is CC(=O)N(CCc1noc(CC(C)C)n1)C1CCCN(C(=O)Cn2ccnc2C)C1. The molecule has 1 aliphatic rings. The Labute approximate surface area is 177 Å². The van der Waals surface area contributed by atoms with Gasteiger partial charge in [-0.05, 0) is 25.7 Å². The first-order valence-electron chi connectivity index (χ1n) is 10.7. The molecule has 9 nitrogen and oxygen atoms in total. The van der Waals surface area contributed by atoms with E-state index in [1.165, 1.54) is 0 Å². The minimum absolute atomic E-state index is 0.00523. The van der Waals surface area contributed by atoms with Crippen LogP contribution in [0, 0.1) is 12.8 Å². The summed E-state index contributed by atoms with van der Waals surface area (Å²) in [7, 11) is 0. The normalized spacial score (nSPS) is 16.8. The Morgan fingerprint density at radius 2 is 2.17 bits per heavy atom. The van der Waals surface area contributed by atoms with Crippen molar-refractivity contribution in [3.8, 4) is 0 Å². The van der Waals surface area contributed by atoms with Gasteiger partial charge in [0.25, 0.3) is 0 Å². The highest BCUT2D eigenvalue weighted by atomic mass is 16.5. The van der Waals surface area contributed by atoms with Crippen LogP contribution < -0.4 is 0 Å². The van der Waals surface area contributed by atoms with Crippen molar-refractivity contribution in [3.63, 3.8) is 0 Å². The molecule has 1 atom stereocenters. The first kappa shape index (κ1) is 22.0. The van der Waals surface area contributed by atoms with Crippen molar-refractivity contribution in [1.29, 1.82) is 0 Å². The molecule has 164 valence electrons. The highest BCUT2D eigenvalue weighted by molar-refractivity contribution is 5.77. The van der Waals surface area contributed by atoms with Crippen LogP contribution in [0.1, 0.15) is 51.2 Å². The van der Waals surface area contributed by atoms with E-state index in [-0.39, 0.29) is 24.4 Å². The van der Waals surface area contributed by atoms with Crippen LogP contribution in [0.4, 0.5) is 0 Å². The van der Waals surface area contributed by atoms with Gasteiger partial charge in [-0.1, -0.05) is 19.0 Å². The molecule has 0 radical (unpaired) electrons. The lowest BCUT2D eigenvalue weighted by Gasteiger charge is -2.39. The molecule has 1 aliphatic heterocycles. The second-order valence-corrected chi connectivity index (χ2v) is 8.40. The molecule has 1 saturated heterocycles. The quantitative estimate of drug-likeness (QED) is 0.651. The van der Waals surface area contributed by atoms with Gasteiger partial charge in [0.05, 0.1) is 0 Å². The summed E-state index contributed by atoms with van der Waals surface area (Å²) in [6, 6.07) is 0.00567. The van der Waals surface area contributed by atoms with Gasteiger partial charge >= 0.3 is 0 Å². The molecule has 2 amide bonds. The van der Waals surface area contributed by atoms with Crippen LogP contribution in [0.2, 0.25) is 0 Å². The van der Waals surface area contributed by atoms with Crippen molar-refractivity contribution in [2.45, 2.75) is 66.0 Å². The van der Waals surface area contributed by atoms with Crippen molar-refractivity contribution in [2.75, 3.05) is 19.6 Å². The summed E-state index contributed by atoms with van der Waals surface area (Å²) in [6.07, 6.45) is 6.57. The predicted octanol–water partition coefficient (Wildman–Crippen LogP) is 1.86. The van der Waals surface area contributed by atoms with Crippen molar-refractivity contribution in [3.05, 3.63) is 29.9 Å². The Bertz CT molecular complexity index is 859. The fraction of sp³-hybridized carbons (Fsp3) is 0.667. The van der Waals surface area contributed by atoms with E-state index in [4.69, 9.17) is 4.52 Å². The van der Waals surface area contributed by atoms with Crippen molar-refractivity contribution in [2.24, 2.45) is 5.92 Å². The summed E-state index contributed by atoms with van der Waals surface area (Å²) in [5.74, 6) is 2.59. The Hall–Kier alpha value is -2.71. The average Bonchev–Trinajstić information content (AvgIpc) is 3.30. The Morgan fingerprint density at radius 1 is 1.37 bits per heavy atom. The summed E-state index contributed by atoms with van der Waals surface area (Å²) in [6.45, 7) is 9.74. The van der Waals surface area contributed by atoms with Crippen LogP contribution in [0.25, 0.3) is 0 Å². The molecule has 9 heteroatoms. The molecule has 2 aromatic rings. The van der Waals surface area contributed by atoms with E-state index >= 15 is 0 Å². The minimum atomic E-state index is 0.00523. The minimum Gasteiger partial charge on any atom is -0.339 e. The van der Waals surface area contributed by atoms with Gasteiger partial charge < -0.3 is 18.9 Å². The summed E-state index contributed by atoms with van der Waals surface area (Å²) in [5, 5.41) is 4.04. The number of amides is 2. The van der Waals surface area contributed by atoms with Crippen molar-refractivity contribution < 1.29 is 14.1 Å². The summed E-state index contributed by atoms with van der Waals surface area (Å²) in [4.78, 5) is 37.4. The van der Waals surface area contributed by atoms with Gasteiger partial charge in [-0.15, -0.1) is 0 Å². The molecule has 1 unspecified atom stereocenters. The van der Waals surface area contributed by atoms with E-state index in [0.29, 0.717) is 37.1 Å². The third kappa shape index (κ3) is 5.67. The van der Waals surface area contributed by atoms with Crippen molar-refractivity contribution >= 4 is 11.8 Å². The second kappa shape index (κ2) is 9.86. The third-order valence-corrected chi connectivity index (χ3v) is 5.49. The second-order valence-electron chi connectivity index (χ2n) is 8.40. The molecule has 0 bridgehead atoms. The van der Waals surface area contributed by atoms with Gasteiger partial charge in [-0.2, -0.15) is 4.98 Å². The number of imidazole rings is 1. The molecule has 30 heavy (non-hydrogen) atoms. The Morgan fingerprint density at radius 3 is 2.83 bits per heavy atom. The number of aromatic nitrogens is 4. The van der Waals surface area contributed by atoms with E-state index in [9.17, 15) is 9.59 Å². The number of rotatable bonds is 8. The Kier molecular flexibility index (Phi) is 7.23. The molecule has 0 spiro atoms. The van der Waals surface area contributed by atoms with E-state index in [1.807, 2.05) is 27.5 Å². The molecule has 0 aromatic carbocycles. The van der Waals surface area contributed by atoms with Crippen LogP contribution in [-0.4, -0.2) is 67.0 Å². The fourth-order valence-electron chi connectivity index (χ4n) is 3.89. The monoisotopic (exact) mass is 416 g/mol. The van der Waals surface area contributed by atoms with Crippen LogP contribution >= 0.6 is 0 Å². The maximum Gasteiger partial charge on any atom is 0.242 e. The average molecular weight is 417 g/mol. The zero-order chi connectivity index (χ0) is 21.7. The maximum atomic E-state index is 12.8. The van der Waals surface area contributed by atoms with E-state index in [0.717, 1.165) is 31.6 Å². The topological polar surface area (TPSA) is 97.4 Å². The van der Waals surface area contributed by atoms with Gasteiger partial charge in [0.2, 0.25) is 17.7 Å². The lowest BCUT2D eigenvalue weighted by molar-refractivity contribution is -0.139. The van der Waals surface area contributed by atoms with Gasteiger partial charge in [0, 0.05) is 57.8 Å². The maximum absolute atomic E-state index is 12.8. The number of hydrogen-bond donors (Lipinski definition) is 0. The lowest BCUT2D eigenvalue weighted by atomic mass is 10.0. The molecule has 0 saturated carbocycles. The third-order valence-electron chi connectivity index (χ3n) is 5.49. The van der Waals surface area contributed by atoms with Crippen molar-refractivity contribution in [1.82, 2.24) is 29.5 Å². The fourth-order valence-corrected chi connectivity index (χ4v) is 3.89. The van der Waals surface area contributed by atoms with Crippen LogP contribution in [0.15, 0.2) is 16.9 Å². The van der Waals surface area contributed by atoms with Crippen LogP contribution in [0.5, 0.6) is 0 Å². The number of nitrogens with zero attached hydrogens (tertiary/aromatic N) is 6. The molecule has 0 aliphatic carbocycles. The number of hydrogen-bond acceptors (Lipinski definition) is 6.